The highest BCUT2D eigenvalue weighted by Crippen LogP contribution is 2.39. The summed E-state index contributed by atoms with van der Waals surface area (Å²) in [6.07, 6.45) is 4.47. The molecule has 0 saturated carbocycles. The molecule has 0 unspecified atom stereocenters. The molecular weight excluding hydrogens is 584 g/mol. The third-order valence-electron chi connectivity index (χ3n) is 7.31. The van der Waals surface area contributed by atoms with E-state index in [2.05, 4.69) is 10.3 Å². The van der Waals surface area contributed by atoms with Crippen LogP contribution in [0.15, 0.2) is 71.9 Å². The molecule has 1 aliphatic heterocycles. The van der Waals surface area contributed by atoms with E-state index >= 15 is 0 Å². The number of carboxylic acid groups (broad SMARTS) is 2. The lowest BCUT2D eigenvalue weighted by molar-refractivity contribution is -0.245. The molecule has 1 fully saturated rings. The third kappa shape index (κ3) is 10.2. The molecule has 3 aromatic rings. The second kappa shape index (κ2) is 16.9. The highest BCUT2D eigenvalue weighted by atomic mass is 32.2. The maximum atomic E-state index is 12.2. The van der Waals surface area contributed by atoms with Crippen LogP contribution in [0.4, 0.5) is 0 Å². The van der Waals surface area contributed by atoms with Gasteiger partial charge in [-0.1, -0.05) is 61.4 Å². The van der Waals surface area contributed by atoms with E-state index in [4.69, 9.17) is 14.6 Å². The zero-order valence-electron chi connectivity index (χ0n) is 24.4. The van der Waals surface area contributed by atoms with Gasteiger partial charge in [0, 0.05) is 43.3 Å². The zero-order chi connectivity index (χ0) is 31.3. The van der Waals surface area contributed by atoms with Gasteiger partial charge in [0.15, 0.2) is 6.29 Å². The summed E-state index contributed by atoms with van der Waals surface area (Å²) in [4.78, 5) is 38.7. The number of carbonyl (C=O) groups excluding carboxylic acids is 1. The molecule has 11 heteroatoms. The fourth-order valence-electron chi connectivity index (χ4n) is 4.86. The molecule has 3 atom stereocenters. The van der Waals surface area contributed by atoms with Gasteiger partial charge in [0.05, 0.1) is 24.4 Å². The Labute approximate surface area is 260 Å². The number of aliphatic hydroxyl groups is 1. The van der Waals surface area contributed by atoms with Gasteiger partial charge in [-0.25, -0.2) is 9.78 Å². The number of unbranched alkanes of at least 4 members (excludes halogenated alkanes) is 3. The Kier molecular flexibility index (Phi) is 12.7. The van der Waals surface area contributed by atoms with Crippen LogP contribution in [0.1, 0.15) is 90.0 Å². The van der Waals surface area contributed by atoms with Gasteiger partial charge >= 0.3 is 11.9 Å². The van der Waals surface area contributed by atoms with Crippen LogP contribution in [0.25, 0.3) is 0 Å². The van der Waals surface area contributed by atoms with E-state index in [9.17, 15) is 24.6 Å². The first-order chi connectivity index (χ1) is 21.3. The van der Waals surface area contributed by atoms with Gasteiger partial charge in [-0.3, -0.25) is 9.59 Å². The summed E-state index contributed by atoms with van der Waals surface area (Å²) in [5.74, 6) is -1.39. The number of benzene rings is 2. The molecular formula is C33H38N2O8S. The van der Waals surface area contributed by atoms with Gasteiger partial charge in [-0.15, -0.1) is 11.8 Å². The fourth-order valence-corrected chi connectivity index (χ4v) is 5.86. The summed E-state index contributed by atoms with van der Waals surface area (Å²) < 4.78 is 12.7. The average Bonchev–Trinajstić information content (AvgIpc) is 3.04. The molecule has 0 radical (unpaired) electrons. The Morgan fingerprint density at radius 1 is 0.864 bits per heavy atom. The van der Waals surface area contributed by atoms with Crippen LogP contribution < -0.4 is 5.32 Å². The highest BCUT2D eigenvalue weighted by Gasteiger charge is 2.32. The first kappa shape index (κ1) is 33.1. The number of carboxylic acids is 2. The zero-order valence-corrected chi connectivity index (χ0v) is 25.2. The Morgan fingerprint density at radius 2 is 1.55 bits per heavy atom. The van der Waals surface area contributed by atoms with Crippen LogP contribution >= 0.6 is 11.8 Å². The van der Waals surface area contributed by atoms with Gasteiger partial charge in [0.2, 0.25) is 5.91 Å². The number of aromatic nitrogens is 1. The largest absolute Gasteiger partial charge is 0.481 e. The number of ether oxygens (including phenoxy) is 2. The van der Waals surface area contributed by atoms with Crippen molar-refractivity contribution in [2.24, 2.45) is 0 Å². The summed E-state index contributed by atoms with van der Waals surface area (Å²) in [5, 5.41) is 31.0. The number of pyridine rings is 1. The number of amides is 1. The standard InChI is InChI=1S/C33H38N2O8S/c36-20-23-11-13-24(14-12-23)28-18-26(21-44-31-27(32(40)41)6-5-17-34-31)42-33(43-28)25-15-9-22(10-16-25)19-35-29(37)7-3-1-2-4-8-30(38)39/h5-6,9-17,26,28,33,36H,1-4,7-8,18-21H2,(H,35,37)(H,38,39)(H,40,41)/t26-,28+,33+/m1/s1. The smallest absolute Gasteiger partial charge is 0.338 e. The third-order valence-corrected chi connectivity index (χ3v) is 8.45. The highest BCUT2D eigenvalue weighted by molar-refractivity contribution is 7.99. The van der Waals surface area contributed by atoms with Crippen molar-refractivity contribution in [2.75, 3.05) is 5.75 Å². The maximum Gasteiger partial charge on any atom is 0.338 e. The fraction of sp³-hybridized carbons (Fsp3) is 0.394. The molecule has 10 nitrogen and oxygen atoms in total. The number of thioether (sulfide) groups is 1. The van der Waals surface area contributed by atoms with Crippen molar-refractivity contribution >= 4 is 29.6 Å². The molecule has 234 valence electrons. The normalized spacial score (nSPS) is 18.1. The summed E-state index contributed by atoms with van der Waals surface area (Å²) in [6.45, 7) is 0.341. The minimum absolute atomic E-state index is 0.0411. The number of nitrogens with one attached hydrogen (secondary N) is 1. The van der Waals surface area contributed by atoms with Crippen molar-refractivity contribution < 1.29 is 39.2 Å². The Bertz CT molecular complexity index is 1380. The van der Waals surface area contributed by atoms with E-state index in [1.807, 2.05) is 48.5 Å². The molecule has 1 amide bonds. The first-order valence-electron chi connectivity index (χ1n) is 14.7. The van der Waals surface area contributed by atoms with Gasteiger partial charge in [-0.2, -0.15) is 0 Å². The van der Waals surface area contributed by atoms with Crippen molar-refractivity contribution in [3.05, 3.63) is 94.7 Å². The van der Waals surface area contributed by atoms with Crippen LogP contribution in [-0.4, -0.2) is 50.0 Å². The lowest BCUT2D eigenvalue weighted by Gasteiger charge is -2.36. The number of nitrogens with zero attached hydrogens (tertiary/aromatic N) is 1. The molecule has 0 aliphatic carbocycles. The van der Waals surface area contributed by atoms with Crippen molar-refractivity contribution in [2.45, 2.75) is 81.6 Å². The van der Waals surface area contributed by atoms with Crippen molar-refractivity contribution in [1.29, 1.82) is 0 Å². The number of aromatic carboxylic acids is 1. The molecule has 0 bridgehead atoms. The van der Waals surface area contributed by atoms with E-state index in [-0.39, 0.29) is 36.7 Å². The van der Waals surface area contributed by atoms with Gasteiger partial charge in [0.25, 0.3) is 0 Å². The van der Waals surface area contributed by atoms with Crippen LogP contribution in [0.5, 0.6) is 0 Å². The Hall–Kier alpha value is -3.77. The average molecular weight is 623 g/mol. The maximum absolute atomic E-state index is 12.2. The van der Waals surface area contributed by atoms with Crippen molar-refractivity contribution in [3.8, 4) is 0 Å². The number of carbonyl (C=O) groups is 3. The summed E-state index contributed by atoms with van der Waals surface area (Å²) >= 11 is 1.34. The number of hydrogen-bond acceptors (Lipinski definition) is 8. The summed E-state index contributed by atoms with van der Waals surface area (Å²) in [7, 11) is 0. The molecule has 4 rings (SSSR count). The minimum Gasteiger partial charge on any atom is -0.481 e. The number of aliphatic hydroxyl groups excluding tert-OH is 1. The van der Waals surface area contributed by atoms with E-state index < -0.39 is 18.2 Å². The predicted octanol–water partition coefficient (Wildman–Crippen LogP) is 5.65. The molecule has 2 aromatic carbocycles. The topological polar surface area (TPSA) is 155 Å². The number of rotatable bonds is 16. The Morgan fingerprint density at radius 3 is 2.23 bits per heavy atom. The van der Waals surface area contributed by atoms with E-state index in [1.54, 1.807) is 12.3 Å². The molecule has 1 aromatic heterocycles. The summed E-state index contributed by atoms with van der Waals surface area (Å²) in [6, 6.07) is 18.4. The second-order valence-corrected chi connectivity index (χ2v) is 11.7. The minimum atomic E-state index is -1.03. The molecule has 1 aliphatic rings. The van der Waals surface area contributed by atoms with Crippen LogP contribution in [-0.2, 0) is 32.2 Å². The summed E-state index contributed by atoms with van der Waals surface area (Å²) in [5.41, 5.74) is 3.65. The molecule has 0 spiro atoms. The Balaban J connectivity index is 1.36. The number of aliphatic carboxylic acids is 1. The molecule has 44 heavy (non-hydrogen) atoms. The predicted molar refractivity (Wildman–Crippen MR) is 164 cm³/mol. The van der Waals surface area contributed by atoms with Crippen molar-refractivity contribution in [1.82, 2.24) is 10.3 Å². The second-order valence-electron chi connectivity index (χ2n) is 10.6. The molecule has 2 heterocycles. The SMILES string of the molecule is O=C(O)CCCCCCC(=O)NCc1ccc([C@H]2O[C@@H](CSc3ncccc3C(=O)O)C[C@@H](c3ccc(CO)cc3)O2)cc1. The lowest BCUT2D eigenvalue weighted by Crippen LogP contribution is -2.31. The first-order valence-corrected chi connectivity index (χ1v) is 15.7. The van der Waals surface area contributed by atoms with Crippen LogP contribution in [0.2, 0.25) is 0 Å². The molecule has 4 N–H and O–H groups in total. The number of hydrogen-bond donors (Lipinski definition) is 4. The van der Waals surface area contributed by atoms with E-state index in [0.29, 0.717) is 36.6 Å². The lowest BCUT2D eigenvalue weighted by atomic mass is 10.0. The van der Waals surface area contributed by atoms with Gasteiger partial charge < -0.3 is 30.1 Å². The van der Waals surface area contributed by atoms with Crippen molar-refractivity contribution in [3.63, 3.8) is 0 Å². The molecule has 1 saturated heterocycles. The van der Waals surface area contributed by atoms with E-state index in [1.165, 1.54) is 17.8 Å². The van der Waals surface area contributed by atoms with Crippen LogP contribution in [0, 0.1) is 0 Å². The van der Waals surface area contributed by atoms with Crippen LogP contribution in [0.3, 0.4) is 0 Å². The van der Waals surface area contributed by atoms with E-state index in [0.717, 1.165) is 41.5 Å². The van der Waals surface area contributed by atoms with Gasteiger partial charge in [-0.05, 0) is 41.7 Å². The quantitative estimate of drug-likeness (QED) is 0.116. The monoisotopic (exact) mass is 622 g/mol. The van der Waals surface area contributed by atoms with Gasteiger partial charge in [0.1, 0.15) is 5.03 Å².